The molecule has 5 nitrogen and oxygen atoms in total. The zero-order valence-electron chi connectivity index (χ0n) is 11.2. The third-order valence-electron chi connectivity index (χ3n) is 3.76. The number of hydrogen-bond donors (Lipinski definition) is 2. The predicted octanol–water partition coefficient (Wildman–Crippen LogP) is 2.15. The van der Waals surface area contributed by atoms with Gasteiger partial charge < -0.3 is 15.0 Å². The maximum atomic E-state index is 12.1. The van der Waals surface area contributed by atoms with Crippen LogP contribution in [0.15, 0.2) is 42.5 Å². The van der Waals surface area contributed by atoms with Crippen LogP contribution in [0, 0.1) is 0 Å². The molecule has 0 bridgehead atoms. The monoisotopic (exact) mass is 279 g/mol. The van der Waals surface area contributed by atoms with Gasteiger partial charge in [-0.2, -0.15) is 0 Å². The molecule has 2 heterocycles. The molecule has 5 heteroatoms. The van der Waals surface area contributed by atoms with Crippen molar-refractivity contribution >= 4 is 16.9 Å². The summed E-state index contributed by atoms with van der Waals surface area (Å²) in [6, 6.07) is 12.5. The number of carbonyl (C=O) groups is 1. The van der Waals surface area contributed by atoms with Gasteiger partial charge in [0.25, 0.3) is 5.91 Å². The molecule has 1 aromatic heterocycles. The molecule has 0 spiro atoms. The van der Waals surface area contributed by atoms with Crippen molar-refractivity contribution in [2.45, 2.75) is 6.54 Å². The number of amides is 1. The van der Waals surface area contributed by atoms with E-state index in [9.17, 15) is 9.90 Å². The van der Waals surface area contributed by atoms with Crippen molar-refractivity contribution in [1.29, 1.82) is 0 Å². The first-order valence-electron chi connectivity index (χ1n) is 6.81. The van der Waals surface area contributed by atoms with Gasteiger partial charge in [0.2, 0.25) is 0 Å². The Labute approximate surface area is 120 Å². The van der Waals surface area contributed by atoms with Gasteiger partial charge in [0, 0.05) is 18.7 Å². The van der Waals surface area contributed by atoms with Gasteiger partial charge in [0.1, 0.15) is 11.6 Å². The molecule has 1 aliphatic heterocycles. The number of benzene rings is 2. The van der Waals surface area contributed by atoms with Crippen molar-refractivity contribution in [3.05, 3.63) is 48.0 Å². The van der Waals surface area contributed by atoms with Crippen LogP contribution in [0.3, 0.4) is 0 Å². The van der Waals surface area contributed by atoms with E-state index in [1.54, 1.807) is 12.1 Å². The van der Waals surface area contributed by atoms with Crippen LogP contribution in [0.5, 0.6) is 5.75 Å². The number of para-hydroxylation sites is 1. The molecule has 0 aliphatic carbocycles. The number of aromatic nitrogens is 2. The lowest BCUT2D eigenvalue weighted by molar-refractivity contribution is 0.0956. The number of rotatable bonds is 1. The Morgan fingerprint density at radius 1 is 1.14 bits per heavy atom. The van der Waals surface area contributed by atoms with E-state index in [1.807, 2.05) is 30.3 Å². The highest BCUT2D eigenvalue weighted by atomic mass is 16.3. The van der Waals surface area contributed by atoms with E-state index in [0.29, 0.717) is 18.7 Å². The van der Waals surface area contributed by atoms with Crippen LogP contribution < -0.4 is 5.32 Å². The summed E-state index contributed by atoms with van der Waals surface area (Å²) in [5, 5.41) is 12.3. The molecule has 3 aromatic rings. The number of aromatic hydroxyl groups is 1. The quantitative estimate of drug-likeness (QED) is 0.717. The summed E-state index contributed by atoms with van der Waals surface area (Å²) >= 11 is 0. The lowest BCUT2D eigenvalue weighted by atomic mass is 10.1. The Hall–Kier alpha value is -2.82. The number of carbonyl (C=O) groups excluding carboxylic acids is 1. The number of nitrogens with zero attached hydrogens (tertiary/aromatic N) is 2. The van der Waals surface area contributed by atoms with Crippen molar-refractivity contribution in [1.82, 2.24) is 14.9 Å². The number of imidazole rings is 1. The van der Waals surface area contributed by atoms with Gasteiger partial charge >= 0.3 is 0 Å². The minimum atomic E-state index is -0.0588. The fourth-order valence-corrected chi connectivity index (χ4v) is 2.79. The smallest absolute Gasteiger partial charge is 0.253 e. The Kier molecular flexibility index (Phi) is 2.47. The normalized spacial score (nSPS) is 14.0. The summed E-state index contributed by atoms with van der Waals surface area (Å²) < 4.78 is 2.06. The van der Waals surface area contributed by atoms with Crippen LogP contribution in [-0.2, 0) is 6.54 Å². The fraction of sp³-hybridized carbons (Fsp3) is 0.125. The second kappa shape index (κ2) is 4.34. The average molecular weight is 279 g/mol. The van der Waals surface area contributed by atoms with Gasteiger partial charge in [-0.3, -0.25) is 4.79 Å². The standard InChI is InChI=1S/C16H13N3O2/c20-11-6-4-10(5-7-11)15-18-13-3-1-2-12-14(13)19(15)9-8-17-16(12)21/h1-7,20H,8-9H2,(H,17,21). The van der Waals surface area contributed by atoms with Gasteiger partial charge in [0.15, 0.2) is 0 Å². The maximum absolute atomic E-state index is 12.1. The SMILES string of the molecule is O=C1NCCn2c(-c3ccc(O)cc3)nc3cccc1c32. The summed E-state index contributed by atoms with van der Waals surface area (Å²) in [5.41, 5.74) is 3.26. The van der Waals surface area contributed by atoms with Crippen LogP contribution in [0.4, 0.5) is 0 Å². The van der Waals surface area contributed by atoms with E-state index in [4.69, 9.17) is 0 Å². The van der Waals surface area contributed by atoms with Gasteiger partial charge in [0.05, 0.1) is 16.6 Å². The van der Waals surface area contributed by atoms with Crippen LogP contribution in [0.25, 0.3) is 22.4 Å². The molecule has 2 N–H and O–H groups in total. The first-order chi connectivity index (χ1) is 10.2. The van der Waals surface area contributed by atoms with Crippen LogP contribution in [-0.4, -0.2) is 27.1 Å². The summed E-state index contributed by atoms with van der Waals surface area (Å²) in [5.74, 6) is 0.980. The topological polar surface area (TPSA) is 67.2 Å². The summed E-state index contributed by atoms with van der Waals surface area (Å²) in [4.78, 5) is 16.8. The minimum absolute atomic E-state index is 0.0588. The van der Waals surface area contributed by atoms with E-state index in [2.05, 4.69) is 14.9 Å². The summed E-state index contributed by atoms with van der Waals surface area (Å²) in [6.45, 7) is 1.25. The van der Waals surface area contributed by atoms with Crippen molar-refractivity contribution in [2.24, 2.45) is 0 Å². The van der Waals surface area contributed by atoms with Gasteiger partial charge in [-0.05, 0) is 36.4 Å². The number of phenols is 1. The number of hydrogen-bond acceptors (Lipinski definition) is 3. The average Bonchev–Trinajstić information content (AvgIpc) is 2.77. The number of phenolic OH excluding ortho intramolecular Hbond substituents is 1. The minimum Gasteiger partial charge on any atom is -0.508 e. The second-order valence-corrected chi connectivity index (χ2v) is 5.06. The van der Waals surface area contributed by atoms with Crippen molar-refractivity contribution < 1.29 is 9.90 Å². The molecule has 0 unspecified atom stereocenters. The van der Waals surface area contributed by atoms with E-state index in [-0.39, 0.29) is 11.7 Å². The van der Waals surface area contributed by atoms with E-state index in [1.165, 1.54) is 0 Å². The van der Waals surface area contributed by atoms with Crippen LogP contribution in [0.2, 0.25) is 0 Å². The molecule has 0 fully saturated rings. The van der Waals surface area contributed by atoms with E-state index < -0.39 is 0 Å². The van der Waals surface area contributed by atoms with Gasteiger partial charge in [-0.1, -0.05) is 6.07 Å². The Balaban J connectivity index is 2.02. The molecule has 0 radical (unpaired) electrons. The van der Waals surface area contributed by atoms with Crippen LogP contribution in [0.1, 0.15) is 10.4 Å². The zero-order valence-corrected chi connectivity index (χ0v) is 11.2. The van der Waals surface area contributed by atoms with Gasteiger partial charge in [-0.25, -0.2) is 4.98 Å². The molecule has 104 valence electrons. The Morgan fingerprint density at radius 3 is 2.76 bits per heavy atom. The molecule has 0 saturated carbocycles. The maximum Gasteiger partial charge on any atom is 0.253 e. The molecule has 1 amide bonds. The van der Waals surface area contributed by atoms with Crippen LogP contribution >= 0.6 is 0 Å². The highest BCUT2D eigenvalue weighted by molar-refractivity contribution is 6.06. The third-order valence-corrected chi connectivity index (χ3v) is 3.76. The molecular formula is C16H13N3O2. The van der Waals surface area contributed by atoms with Crippen molar-refractivity contribution in [3.8, 4) is 17.1 Å². The van der Waals surface area contributed by atoms with E-state index >= 15 is 0 Å². The van der Waals surface area contributed by atoms with E-state index in [0.717, 1.165) is 22.4 Å². The third kappa shape index (κ3) is 1.78. The highest BCUT2D eigenvalue weighted by Crippen LogP contribution is 2.29. The summed E-state index contributed by atoms with van der Waals surface area (Å²) in [7, 11) is 0. The molecule has 1 aliphatic rings. The molecule has 0 saturated heterocycles. The number of nitrogens with one attached hydrogen (secondary N) is 1. The summed E-state index contributed by atoms with van der Waals surface area (Å²) in [6.07, 6.45) is 0. The first-order valence-corrected chi connectivity index (χ1v) is 6.81. The Morgan fingerprint density at radius 2 is 1.95 bits per heavy atom. The fourth-order valence-electron chi connectivity index (χ4n) is 2.79. The first kappa shape index (κ1) is 12.0. The van der Waals surface area contributed by atoms with Gasteiger partial charge in [-0.15, -0.1) is 0 Å². The molecule has 0 atom stereocenters. The highest BCUT2D eigenvalue weighted by Gasteiger charge is 2.21. The predicted molar refractivity (Wildman–Crippen MR) is 79.2 cm³/mol. The molecule has 2 aromatic carbocycles. The largest absolute Gasteiger partial charge is 0.508 e. The van der Waals surface area contributed by atoms with Crippen molar-refractivity contribution in [3.63, 3.8) is 0 Å². The lowest BCUT2D eigenvalue weighted by Crippen LogP contribution is -2.24. The second-order valence-electron chi connectivity index (χ2n) is 5.06. The lowest BCUT2D eigenvalue weighted by Gasteiger charge is -2.07. The molecule has 21 heavy (non-hydrogen) atoms. The molecular weight excluding hydrogens is 266 g/mol. The Bertz CT molecular complexity index is 850. The zero-order chi connectivity index (χ0) is 14.4. The van der Waals surface area contributed by atoms with Crippen molar-refractivity contribution in [2.75, 3.05) is 6.54 Å². The molecule has 4 rings (SSSR count).